The molecule has 0 unspecified atom stereocenters. The molecule has 0 amide bonds. The lowest BCUT2D eigenvalue weighted by atomic mass is 10.3. The molecule has 0 spiro atoms. The average molecular weight is 297 g/mol. The summed E-state index contributed by atoms with van der Waals surface area (Å²) in [6.45, 7) is 0. The molecular formula is C14H13N6S+. The Morgan fingerprint density at radius 1 is 1.43 bits per heavy atom. The molecule has 0 fully saturated rings. The smallest absolute Gasteiger partial charge is 0.344 e. The minimum atomic E-state index is 0.479. The molecule has 6 nitrogen and oxygen atoms in total. The first-order valence-corrected chi connectivity index (χ1v) is 7.11. The molecule has 3 aromatic rings. The second-order valence-corrected chi connectivity index (χ2v) is 5.64. The largest absolute Gasteiger partial charge is 0.355 e. The molecule has 104 valence electrons. The zero-order valence-corrected chi connectivity index (χ0v) is 12.4. The van der Waals surface area contributed by atoms with E-state index in [4.69, 9.17) is 0 Å². The number of hydrogen-bond donors (Lipinski definition) is 1. The summed E-state index contributed by atoms with van der Waals surface area (Å²) in [4.78, 5) is 10.7. The van der Waals surface area contributed by atoms with E-state index in [1.807, 2.05) is 43.3 Å². The monoisotopic (exact) mass is 297 g/mol. The highest BCUT2D eigenvalue weighted by Crippen LogP contribution is 2.23. The molecule has 0 aliphatic rings. The highest BCUT2D eigenvalue weighted by atomic mass is 32.1. The van der Waals surface area contributed by atoms with Gasteiger partial charge in [0.15, 0.2) is 11.9 Å². The summed E-state index contributed by atoms with van der Waals surface area (Å²) >= 11 is 1.55. The van der Waals surface area contributed by atoms with E-state index in [9.17, 15) is 5.26 Å². The maximum absolute atomic E-state index is 9.20. The molecule has 1 aromatic carbocycles. The molecule has 3 rings (SSSR count). The van der Waals surface area contributed by atoms with Crippen molar-refractivity contribution in [1.82, 2.24) is 15.0 Å². The van der Waals surface area contributed by atoms with E-state index in [1.165, 1.54) is 0 Å². The van der Waals surface area contributed by atoms with Crippen LogP contribution < -0.4 is 4.68 Å². The number of hydrogen-bond acceptors (Lipinski definition) is 4. The van der Waals surface area contributed by atoms with Crippen molar-refractivity contribution in [3.05, 3.63) is 36.0 Å². The van der Waals surface area contributed by atoms with Crippen molar-refractivity contribution in [1.29, 1.82) is 5.26 Å². The molecule has 2 aromatic heterocycles. The Balaban J connectivity index is 2.13. The van der Waals surface area contributed by atoms with E-state index in [2.05, 4.69) is 21.1 Å². The molecule has 0 atom stereocenters. The Labute approximate surface area is 125 Å². The zero-order valence-electron chi connectivity index (χ0n) is 11.6. The van der Waals surface area contributed by atoms with Gasteiger partial charge in [-0.1, -0.05) is 33.4 Å². The SMILES string of the molecule is CN(C)C=Nc1c(C#N)c[nH][n+]1-c1nc2ccccc2s1. The second-order valence-electron chi connectivity index (χ2n) is 4.63. The van der Waals surface area contributed by atoms with Gasteiger partial charge < -0.3 is 4.90 Å². The van der Waals surface area contributed by atoms with Gasteiger partial charge in [-0.2, -0.15) is 5.26 Å². The van der Waals surface area contributed by atoms with Crippen LogP contribution in [0.2, 0.25) is 0 Å². The third-order valence-electron chi connectivity index (χ3n) is 2.80. The lowest BCUT2D eigenvalue weighted by molar-refractivity contribution is -0.641. The van der Waals surface area contributed by atoms with Crippen LogP contribution in [0.15, 0.2) is 35.5 Å². The quantitative estimate of drug-likeness (QED) is 0.456. The normalized spacial score (nSPS) is 11.1. The van der Waals surface area contributed by atoms with Crippen LogP contribution in [-0.4, -0.2) is 35.4 Å². The van der Waals surface area contributed by atoms with Crippen LogP contribution >= 0.6 is 11.3 Å². The van der Waals surface area contributed by atoms with Gasteiger partial charge in [-0.15, -0.1) is 4.68 Å². The standard InChI is InChI=1S/C14H12N6S/c1-19(2)9-16-13-10(7-15)8-17-20(13)14-18-11-5-3-4-6-12(11)21-14/h3-6,8-9H,1-2H3/p+1. The van der Waals surface area contributed by atoms with Crippen LogP contribution in [0.3, 0.4) is 0 Å². The number of H-pyrrole nitrogens is 1. The van der Waals surface area contributed by atoms with Crippen molar-refractivity contribution in [2.75, 3.05) is 14.1 Å². The van der Waals surface area contributed by atoms with E-state index < -0.39 is 0 Å². The average Bonchev–Trinajstić information content (AvgIpc) is 3.07. The van der Waals surface area contributed by atoms with Crippen LogP contribution in [0.4, 0.5) is 5.82 Å². The second kappa shape index (κ2) is 5.34. The van der Waals surface area contributed by atoms with Gasteiger partial charge in [0, 0.05) is 14.1 Å². The first kappa shape index (κ1) is 13.3. The third-order valence-corrected chi connectivity index (χ3v) is 3.82. The fourth-order valence-electron chi connectivity index (χ4n) is 1.86. The number of nitrogens with one attached hydrogen (secondary N) is 1. The number of aromatic amines is 1. The topological polar surface area (TPSA) is 72.0 Å². The number of thiazole rings is 1. The number of fused-ring (bicyclic) bond motifs is 1. The van der Waals surface area contributed by atoms with E-state index in [1.54, 1.807) is 28.6 Å². The van der Waals surface area contributed by atoms with Crippen LogP contribution in [0.1, 0.15) is 5.56 Å². The van der Waals surface area contributed by atoms with E-state index in [0.29, 0.717) is 11.4 Å². The van der Waals surface area contributed by atoms with Gasteiger partial charge in [0.25, 0.3) is 0 Å². The first-order chi connectivity index (χ1) is 10.2. The van der Waals surface area contributed by atoms with Gasteiger partial charge in [0.05, 0.1) is 10.9 Å². The highest BCUT2D eigenvalue weighted by molar-refractivity contribution is 7.20. The Kier molecular flexibility index (Phi) is 3.38. The Bertz CT molecular complexity index is 819. The summed E-state index contributed by atoms with van der Waals surface area (Å²) in [6, 6.07) is 10.1. The number of aliphatic imine (C=N–C) groups is 1. The molecular weight excluding hydrogens is 284 g/mol. The maximum atomic E-state index is 9.20. The van der Waals surface area contributed by atoms with Gasteiger partial charge in [-0.05, 0) is 12.1 Å². The van der Waals surface area contributed by atoms with E-state index in [-0.39, 0.29) is 0 Å². The van der Waals surface area contributed by atoms with Gasteiger partial charge in [0.2, 0.25) is 0 Å². The van der Waals surface area contributed by atoms with Gasteiger partial charge in [0.1, 0.15) is 11.6 Å². The summed E-state index contributed by atoms with van der Waals surface area (Å²) in [5.41, 5.74) is 1.41. The van der Waals surface area contributed by atoms with E-state index >= 15 is 0 Å². The summed E-state index contributed by atoms with van der Waals surface area (Å²) in [5.74, 6) is 0.547. The van der Waals surface area contributed by atoms with Crippen molar-refractivity contribution in [3.8, 4) is 11.2 Å². The van der Waals surface area contributed by atoms with Crippen molar-refractivity contribution < 1.29 is 4.68 Å². The Morgan fingerprint density at radius 3 is 2.95 bits per heavy atom. The molecule has 0 saturated carbocycles. The molecule has 2 heterocycles. The Morgan fingerprint density at radius 2 is 2.24 bits per heavy atom. The molecule has 0 aliphatic carbocycles. The molecule has 0 radical (unpaired) electrons. The zero-order chi connectivity index (χ0) is 14.8. The summed E-state index contributed by atoms with van der Waals surface area (Å²) in [6.07, 6.45) is 3.29. The fourth-order valence-corrected chi connectivity index (χ4v) is 2.79. The van der Waals surface area contributed by atoms with E-state index in [0.717, 1.165) is 15.3 Å². The van der Waals surface area contributed by atoms with Crippen LogP contribution in [0, 0.1) is 11.3 Å². The number of benzene rings is 1. The minimum Gasteiger partial charge on any atom is -0.355 e. The van der Waals surface area contributed by atoms with Crippen LogP contribution in [0.25, 0.3) is 15.3 Å². The number of para-hydroxylation sites is 1. The van der Waals surface area contributed by atoms with Gasteiger partial charge >= 0.3 is 10.9 Å². The number of nitriles is 1. The van der Waals surface area contributed by atoms with Crippen LogP contribution in [0.5, 0.6) is 0 Å². The molecule has 0 bridgehead atoms. The molecule has 0 aliphatic heterocycles. The molecule has 1 N–H and O–H groups in total. The number of nitrogens with zero attached hydrogens (tertiary/aromatic N) is 5. The van der Waals surface area contributed by atoms with Gasteiger partial charge in [-0.3, -0.25) is 0 Å². The molecule has 0 saturated heterocycles. The third kappa shape index (κ3) is 2.49. The lowest BCUT2D eigenvalue weighted by Crippen LogP contribution is -2.32. The van der Waals surface area contributed by atoms with Crippen LogP contribution in [-0.2, 0) is 0 Å². The number of aromatic nitrogens is 3. The summed E-state index contributed by atoms with van der Waals surface area (Å²) < 4.78 is 2.82. The first-order valence-electron chi connectivity index (χ1n) is 6.29. The van der Waals surface area contributed by atoms with Crippen molar-refractivity contribution in [2.45, 2.75) is 0 Å². The molecule has 7 heteroatoms. The summed E-state index contributed by atoms with van der Waals surface area (Å²) in [7, 11) is 3.76. The van der Waals surface area contributed by atoms with Crippen molar-refractivity contribution in [2.24, 2.45) is 4.99 Å². The summed E-state index contributed by atoms with van der Waals surface area (Å²) in [5, 5.41) is 13.0. The predicted molar refractivity (Wildman–Crippen MR) is 82.1 cm³/mol. The Hall–Kier alpha value is -2.72. The van der Waals surface area contributed by atoms with Gasteiger partial charge in [-0.25, -0.2) is 5.10 Å². The predicted octanol–water partition coefficient (Wildman–Crippen LogP) is 1.99. The fraction of sp³-hybridized carbons (Fsp3) is 0.143. The maximum Gasteiger partial charge on any atom is 0.344 e. The van der Waals surface area contributed by atoms with Crippen molar-refractivity contribution in [3.63, 3.8) is 0 Å². The van der Waals surface area contributed by atoms with Crippen molar-refractivity contribution >= 4 is 33.7 Å². The number of rotatable bonds is 3. The molecule has 21 heavy (non-hydrogen) atoms. The minimum absolute atomic E-state index is 0.479. The highest BCUT2D eigenvalue weighted by Gasteiger charge is 2.21. The lowest BCUT2D eigenvalue weighted by Gasteiger charge is -1.98.